The first kappa shape index (κ1) is 54.9. The summed E-state index contributed by atoms with van der Waals surface area (Å²) >= 11 is 1.94. The first-order valence-corrected chi connectivity index (χ1v) is 26.8. The van der Waals surface area contributed by atoms with E-state index in [0.29, 0.717) is 0 Å². The second-order valence-corrected chi connectivity index (χ2v) is 18.7. The molecule has 0 heterocycles. The fourth-order valence-electron chi connectivity index (χ4n) is 7.78. The third-order valence-electron chi connectivity index (χ3n) is 11.7. The van der Waals surface area contributed by atoms with E-state index in [-0.39, 0.29) is 0 Å². The molecule has 0 aliphatic carbocycles. The first-order chi connectivity index (χ1) is 29.1. The number of benzene rings is 2. The van der Waals surface area contributed by atoms with Crippen LogP contribution < -0.4 is 0 Å². The van der Waals surface area contributed by atoms with Crippen LogP contribution in [0, 0.1) is 0 Å². The molecular formula is C56H94N2Ni. The van der Waals surface area contributed by atoms with Gasteiger partial charge in [-0.15, -0.1) is 4.79 Å². The third kappa shape index (κ3) is 28.9. The summed E-state index contributed by atoms with van der Waals surface area (Å²) in [5.41, 5.74) is 18.9. The topological polar surface area (TPSA) is 36.4 Å². The molecule has 0 amide bonds. The van der Waals surface area contributed by atoms with Gasteiger partial charge in [-0.2, -0.15) is 0 Å². The van der Waals surface area contributed by atoms with Crippen molar-refractivity contribution in [1.29, 1.82) is 0 Å². The number of allylic oxidation sites excluding steroid dienone is 2. The van der Waals surface area contributed by atoms with Gasteiger partial charge in [-0.25, -0.2) is 0 Å². The minimum atomic E-state index is 0.903. The standard InChI is InChI=1S/C48H76N2.2C4H9.Ni/c1-5-9-13-15-17-18-19-20-21-22-23-25-28-32-47(46(41-50-49)31-26-11-7-3)48(44-37-33-42(34-38-44)29-12-8-4)45-39-35-43(36-40-45)30-27-24-16-14-10-6-2;2*1-3-4-2;/h33-40H,5-32H2,1-4H3;2*1,3-4H2,2H3;. The molecule has 3 heteroatoms. The summed E-state index contributed by atoms with van der Waals surface area (Å²) in [5, 5.41) is 2.78. The molecule has 59 heavy (non-hydrogen) atoms. The average Bonchev–Trinajstić information content (AvgIpc) is 3.26. The molecule has 2 aromatic carbocycles. The minimum absolute atomic E-state index is 0.903. The molecule has 0 unspecified atom stereocenters. The molecule has 0 N–H and O–H groups in total. The Morgan fingerprint density at radius 1 is 0.424 bits per heavy atom. The Morgan fingerprint density at radius 2 is 0.780 bits per heavy atom. The number of nitrogens with zero attached hydrogens (tertiary/aromatic N) is 2. The van der Waals surface area contributed by atoms with E-state index < -0.39 is 0 Å². The number of hydrogen-bond acceptors (Lipinski definition) is 0. The number of rotatable bonds is 37. The summed E-state index contributed by atoms with van der Waals surface area (Å²) < 4.78 is 0. The van der Waals surface area contributed by atoms with Gasteiger partial charge in [-0.1, -0.05) is 205 Å². The van der Waals surface area contributed by atoms with E-state index in [1.54, 1.807) is 0 Å². The van der Waals surface area contributed by atoms with Crippen molar-refractivity contribution in [3.05, 3.63) is 87.5 Å². The Hall–Kier alpha value is -2.17. The van der Waals surface area contributed by atoms with Crippen LogP contribution in [0.15, 0.2) is 59.7 Å². The fourth-order valence-corrected chi connectivity index (χ4v) is 9.21. The molecule has 338 valence electrons. The van der Waals surface area contributed by atoms with E-state index in [1.807, 2.05) is 14.4 Å². The summed E-state index contributed by atoms with van der Waals surface area (Å²) in [6.45, 7) is 13.6. The van der Waals surface area contributed by atoms with Crippen LogP contribution >= 0.6 is 0 Å². The van der Waals surface area contributed by atoms with Crippen LogP contribution in [0.2, 0.25) is 10.8 Å². The van der Waals surface area contributed by atoms with Gasteiger partial charge in [0, 0.05) is 0 Å². The molecule has 0 spiro atoms. The van der Waals surface area contributed by atoms with Crippen LogP contribution in [-0.4, -0.2) is 10.7 Å². The van der Waals surface area contributed by atoms with Gasteiger partial charge in [0.15, 0.2) is 0 Å². The first-order valence-electron chi connectivity index (χ1n) is 25.4. The molecule has 0 saturated heterocycles. The average molecular weight is 854 g/mol. The molecule has 0 radical (unpaired) electrons. The Morgan fingerprint density at radius 3 is 1.20 bits per heavy atom. The molecule has 0 fully saturated rings. The zero-order valence-corrected chi connectivity index (χ0v) is 40.9. The Bertz CT molecular complexity index is 1340. The Balaban J connectivity index is 0.00000172. The number of unbranched alkanes of at least 4 members (excludes halogenated alkanes) is 22. The number of hydrogen-bond donors (Lipinski definition) is 0. The van der Waals surface area contributed by atoms with Crippen molar-refractivity contribution in [3.8, 4) is 0 Å². The maximum atomic E-state index is 9.83. The van der Waals surface area contributed by atoms with E-state index >= 15 is 0 Å². The van der Waals surface area contributed by atoms with E-state index in [4.69, 9.17) is 0 Å². The van der Waals surface area contributed by atoms with Crippen molar-refractivity contribution in [2.45, 2.75) is 258 Å². The van der Waals surface area contributed by atoms with Crippen LogP contribution in [0.5, 0.6) is 0 Å². The summed E-state index contributed by atoms with van der Waals surface area (Å²) in [6, 6.07) is 18.8. The molecule has 2 aromatic rings. The van der Waals surface area contributed by atoms with Gasteiger partial charge in [0.1, 0.15) is 0 Å². The molecule has 0 bridgehead atoms. The zero-order valence-electron chi connectivity index (χ0n) is 39.9. The van der Waals surface area contributed by atoms with E-state index in [1.165, 1.54) is 211 Å². The van der Waals surface area contributed by atoms with Crippen LogP contribution in [-0.2, 0) is 27.3 Å². The SMILES string of the molecule is CCCCCCCCCCCCCCCC(C(=C=[N+]=[N-])CCCCC)=C(c1ccc(CCCC)cc1)c1ccc(CCCCCCCC)cc1.CCC[CH2][Ni][CH2]CCC. The molecule has 2 rings (SSSR count). The van der Waals surface area contributed by atoms with Crippen molar-refractivity contribution < 1.29 is 19.2 Å². The zero-order chi connectivity index (χ0) is 42.9. The third-order valence-corrected chi connectivity index (χ3v) is 13.1. The van der Waals surface area contributed by atoms with E-state index in [9.17, 15) is 5.53 Å². The molecular weight excluding hydrogens is 759 g/mol. The molecule has 0 aliphatic rings. The predicted octanol–water partition coefficient (Wildman–Crippen LogP) is 19.1. The predicted molar refractivity (Wildman–Crippen MR) is 261 cm³/mol. The van der Waals surface area contributed by atoms with E-state index in [0.717, 1.165) is 44.1 Å². The Labute approximate surface area is 374 Å². The molecule has 2 nitrogen and oxygen atoms in total. The molecule has 0 saturated carbocycles. The van der Waals surface area contributed by atoms with Gasteiger partial charge in [0.2, 0.25) is 0 Å². The Kier molecular flexibility index (Phi) is 38.3. The van der Waals surface area contributed by atoms with Crippen molar-refractivity contribution in [2.75, 3.05) is 0 Å². The quantitative estimate of drug-likeness (QED) is 0.0162. The number of aryl methyl sites for hydroxylation is 2. The van der Waals surface area contributed by atoms with Crippen LogP contribution in [0.3, 0.4) is 0 Å². The van der Waals surface area contributed by atoms with Gasteiger partial charge in [-0.05, 0) is 84.8 Å². The summed E-state index contributed by atoms with van der Waals surface area (Å²) in [7, 11) is 0. The van der Waals surface area contributed by atoms with Gasteiger partial charge in [0.25, 0.3) is 0 Å². The van der Waals surface area contributed by atoms with Gasteiger partial charge in [0.05, 0.1) is 5.57 Å². The van der Waals surface area contributed by atoms with Crippen LogP contribution in [0.1, 0.15) is 256 Å². The van der Waals surface area contributed by atoms with Crippen molar-refractivity contribution >= 4 is 11.4 Å². The van der Waals surface area contributed by atoms with Crippen molar-refractivity contribution in [1.82, 2.24) is 0 Å². The fraction of sp³-hybridized carbons (Fsp3) is 0.714. The second kappa shape index (κ2) is 41.2. The monoisotopic (exact) mass is 853 g/mol. The summed E-state index contributed by atoms with van der Waals surface area (Å²) in [4.78, 5) is 3.52. The second-order valence-electron chi connectivity index (χ2n) is 17.2. The molecule has 0 atom stereocenters. The maximum absolute atomic E-state index is 9.83. The van der Waals surface area contributed by atoms with Gasteiger partial charge in [-0.3, -0.25) is 0 Å². The van der Waals surface area contributed by atoms with E-state index in [2.05, 4.69) is 101 Å². The van der Waals surface area contributed by atoms with Crippen LogP contribution in [0.4, 0.5) is 0 Å². The molecule has 0 aromatic heterocycles. The molecule has 0 aliphatic heterocycles. The van der Waals surface area contributed by atoms with Gasteiger partial charge < -0.3 is 5.53 Å². The summed E-state index contributed by atoms with van der Waals surface area (Å²) in [5.74, 6) is 3.10. The van der Waals surface area contributed by atoms with Crippen LogP contribution in [0.25, 0.3) is 11.1 Å². The van der Waals surface area contributed by atoms with Gasteiger partial charge >= 0.3 is 70.6 Å². The normalized spacial score (nSPS) is 11.5. The van der Waals surface area contributed by atoms with Crippen molar-refractivity contribution in [3.63, 3.8) is 0 Å². The van der Waals surface area contributed by atoms with Crippen molar-refractivity contribution in [2.24, 2.45) is 0 Å². The summed E-state index contributed by atoms with van der Waals surface area (Å²) in [6.07, 6.45) is 41.2.